The number of rotatable bonds is 3. The van der Waals surface area contributed by atoms with E-state index in [0.717, 1.165) is 12.0 Å². The summed E-state index contributed by atoms with van der Waals surface area (Å²) in [5.41, 5.74) is 5.83. The first-order valence-corrected chi connectivity index (χ1v) is 6.71. The Morgan fingerprint density at radius 1 is 1.07 bits per heavy atom. The van der Waals surface area contributed by atoms with Crippen molar-refractivity contribution in [1.82, 2.24) is 4.90 Å². The largest absolute Gasteiger partial charge is 0.328 e. The summed E-state index contributed by atoms with van der Waals surface area (Å²) in [7, 11) is 2.32. The molecule has 0 heterocycles. The molecule has 2 aliphatic rings. The molecule has 0 aromatic heterocycles. The minimum atomic E-state index is 0.512. The molecule has 15 heavy (non-hydrogen) atoms. The Bertz CT molecular complexity index is 179. The molecular weight excluding hydrogens is 184 g/mol. The zero-order valence-corrected chi connectivity index (χ0v) is 10.1. The Balaban J connectivity index is 1.71. The molecule has 0 radical (unpaired) electrons. The van der Waals surface area contributed by atoms with Gasteiger partial charge in [0.15, 0.2) is 0 Å². The average molecular weight is 210 g/mol. The topological polar surface area (TPSA) is 29.3 Å². The first-order chi connectivity index (χ1) is 7.25. The highest BCUT2D eigenvalue weighted by Gasteiger charge is 2.28. The van der Waals surface area contributed by atoms with Crippen LogP contribution >= 0.6 is 0 Å². The van der Waals surface area contributed by atoms with Gasteiger partial charge in [0.2, 0.25) is 0 Å². The minimum Gasteiger partial charge on any atom is -0.328 e. The maximum absolute atomic E-state index is 5.83. The van der Waals surface area contributed by atoms with E-state index in [1.807, 2.05) is 0 Å². The maximum atomic E-state index is 5.83. The van der Waals surface area contributed by atoms with Gasteiger partial charge in [-0.15, -0.1) is 0 Å². The lowest BCUT2D eigenvalue weighted by Crippen LogP contribution is -2.44. The molecule has 2 aliphatic carbocycles. The quantitative estimate of drug-likeness (QED) is 0.725. The number of nitrogens with two attached hydrogens (primary N) is 1. The molecule has 2 rings (SSSR count). The summed E-state index contributed by atoms with van der Waals surface area (Å²) in [5, 5.41) is 0. The highest BCUT2D eigenvalue weighted by atomic mass is 15.1. The van der Waals surface area contributed by atoms with Crippen molar-refractivity contribution in [2.45, 2.75) is 63.5 Å². The van der Waals surface area contributed by atoms with Crippen LogP contribution in [0.4, 0.5) is 0 Å². The third-order valence-corrected chi connectivity index (χ3v) is 4.27. The molecule has 2 saturated carbocycles. The van der Waals surface area contributed by atoms with Crippen molar-refractivity contribution in [2.75, 3.05) is 13.6 Å². The third-order valence-electron chi connectivity index (χ3n) is 4.27. The molecule has 88 valence electrons. The van der Waals surface area contributed by atoms with Crippen LogP contribution in [-0.4, -0.2) is 30.6 Å². The SMILES string of the molecule is CN(CC1CC(N)C1)C1CCCCCC1. The summed E-state index contributed by atoms with van der Waals surface area (Å²) >= 11 is 0. The Labute approximate surface area is 94.2 Å². The molecule has 0 unspecified atom stereocenters. The third kappa shape index (κ3) is 3.18. The van der Waals surface area contributed by atoms with Crippen LogP contribution in [0.2, 0.25) is 0 Å². The molecule has 0 aliphatic heterocycles. The van der Waals surface area contributed by atoms with E-state index >= 15 is 0 Å². The lowest BCUT2D eigenvalue weighted by molar-refractivity contribution is 0.138. The predicted molar refractivity (Wildman–Crippen MR) is 64.8 cm³/mol. The number of hydrogen-bond donors (Lipinski definition) is 1. The fraction of sp³-hybridized carbons (Fsp3) is 1.00. The lowest BCUT2D eigenvalue weighted by atomic mass is 9.80. The monoisotopic (exact) mass is 210 g/mol. The predicted octanol–water partition coefficient (Wildman–Crippen LogP) is 2.38. The lowest BCUT2D eigenvalue weighted by Gasteiger charge is -2.38. The van der Waals surface area contributed by atoms with Crippen LogP contribution in [0.5, 0.6) is 0 Å². The summed E-state index contributed by atoms with van der Waals surface area (Å²) < 4.78 is 0. The minimum absolute atomic E-state index is 0.512. The summed E-state index contributed by atoms with van der Waals surface area (Å²) in [6, 6.07) is 1.38. The van der Waals surface area contributed by atoms with Gasteiger partial charge >= 0.3 is 0 Å². The van der Waals surface area contributed by atoms with Crippen molar-refractivity contribution in [3.63, 3.8) is 0 Å². The fourth-order valence-electron chi connectivity index (χ4n) is 3.19. The van der Waals surface area contributed by atoms with Gasteiger partial charge in [-0.2, -0.15) is 0 Å². The Morgan fingerprint density at radius 2 is 1.67 bits per heavy atom. The van der Waals surface area contributed by atoms with Gasteiger partial charge in [0.05, 0.1) is 0 Å². The van der Waals surface area contributed by atoms with Crippen LogP contribution in [-0.2, 0) is 0 Å². The van der Waals surface area contributed by atoms with Gasteiger partial charge in [0, 0.05) is 18.6 Å². The van der Waals surface area contributed by atoms with Crippen LogP contribution in [0.3, 0.4) is 0 Å². The van der Waals surface area contributed by atoms with E-state index in [4.69, 9.17) is 5.73 Å². The van der Waals surface area contributed by atoms with E-state index < -0.39 is 0 Å². The first kappa shape index (κ1) is 11.4. The molecule has 0 bridgehead atoms. The van der Waals surface area contributed by atoms with Crippen molar-refractivity contribution >= 4 is 0 Å². The van der Waals surface area contributed by atoms with Crippen LogP contribution in [0.25, 0.3) is 0 Å². The van der Waals surface area contributed by atoms with E-state index in [2.05, 4.69) is 11.9 Å². The molecule has 0 amide bonds. The second kappa shape index (κ2) is 5.31. The average Bonchev–Trinajstić information content (AvgIpc) is 2.43. The molecule has 2 N–H and O–H groups in total. The Morgan fingerprint density at radius 3 is 2.20 bits per heavy atom. The maximum Gasteiger partial charge on any atom is 0.00923 e. The standard InChI is InChI=1S/C13H26N2/c1-15(10-11-8-12(14)9-11)13-6-4-2-3-5-7-13/h11-13H,2-10,14H2,1H3. The van der Waals surface area contributed by atoms with Gasteiger partial charge in [0.1, 0.15) is 0 Å². The van der Waals surface area contributed by atoms with E-state index in [-0.39, 0.29) is 0 Å². The summed E-state index contributed by atoms with van der Waals surface area (Å²) in [6.45, 7) is 1.29. The Hall–Kier alpha value is -0.0800. The summed E-state index contributed by atoms with van der Waals surface area (Å²) in [5.74, 6) is 0.897. The molecule has 2 heteroatoms. The van der Waals surface area contributed by atoms with Crippen molar-refractivity contribution in [3.8, 4) is 0 Å². The molecule has 2 nitrogen and oxygen atoms in total. The first-order valence-electron chi connectivity index (χ1n) is 6.71. The van der Waals surface area contributed by atoms with Gasteiger partial charge in [-0.05, 0) is 38.6 Å². The van der Waals surface area contributed by atoms with Crippen molar-refractivity contribution < 1.29 is 0 Å². The van der Waals surface area contributed by atoms with Crippen molar-refractivity contribution in [1.29, 1.82) is 0 Å². The van der Waals surface area contributed by atoms with E-state index in [1.165, 1.54) is 57.9 Å². The van der Waals surface area contributed by atoms with Gasteiger partial charge in [0.25, 0.3) is 0 Å². The highest BCUT2D eigenvalue weighted by molar-refractivity contribution is 4.85. The van der Waals surface area contributed by atoms with Gasteiger partial charge in [-0.25, -0.2) is 0 Å². The molecular formula is C13H26N2. The van der Waals surface area contributed by atoms with Crippen LogP contribution in [0.15, 0.2) is 0 Å². The molecule has 0 spiro atoms. The number of nitrogens with zero attached hydrogens (tertiary/aromatic N) is 1. The van der Waals surface area contributed by atoms with Crippen LogP contribution < -0.4 is 5.73 Å². The molecule has 0 atom stereocenters. The second-order valence-electron chi connectivity index (χ2n) is 5.68. The highest BCUT2D eigenvalue weighted by Crippen LogP contribution is 2.28. The normalized spacial score (nSPS) is 33.8. The fourth-order valence-corrected chi connectivity index (χ4v) is 3.19. The van der Waals surface area contributed by atoms with Crippen LogP contribution in [0, 0.1) is 5.92 Å². The molecule has 0 aromatic rings. The van der Waals surface area contributed by atoms with Gasteiger partial charge in [-0.3, -0.25) is 0 Å². The van der Waals surface area contributed by atoms with E-state index in [1.54, 1.807) is 0 Å². The second-order valence-corrected chi connectivity index (χ2v) is 5.68. The summed E-state index contributed by atoms with van der Waals surface area (Å²) in [6.07, 6.45) is 11.2. The van der Waals surface area contributed by atoms with Crippen molar-refractivity contribution in [3.05, 3.63) is 0 Å². The smallest absolute Gasteiger partial charge is 0.00923 e. The zero-order valence-electron chi connectivity index (χ0n) is 10.1. The van der Waals surface area contributed by atoms with Gasteiger partial charge < -0.3 is 10.6 Å². The Kier molecular flexibility index (Phi) is 4.04. The zero-order chi connectivity index (χ0) is 10.7. The number of hydrogen-bond acceptors (Lipinski definition) is 2. The van der Waals surface area contributed by atoms with Crippen LogP contribution in [0.1, 0.15) is 51.4 Å². The van der Waals surface area contributed by atoms with E-state index in [9.17, 15) is 0 Å². The van der Waals surface area contributed by atoms with Gasteiger partial charge in [-0.1, -0.05) is 25.7 Å². The molecule has 0 aromatic carbocycles. The summed E-state index contributed by atoms with van der Waals surface area (Å²) in [4.78, 5) is 2.61. The van der Waals surface area contributed by atoms with E-state index in [0.29, 0.717) is 6.04 Å². The van der Waals surface area contributed by atoms with Crippen molar-refractivity contribution in [2.24, 2.45) is 11.7 Å². The molecule has 2 fully saturated rings. The molecule has 0 saturated heterocycles.